The molecule has 1 aliphatic carbocycles. The first-order valence-corrected chi connectivity index (χ1v) is 8.92. The van der Waals surface area contributed by atoms with E-state index in [0.29, 0.717) is 24.6 Å². The molecule has 7 heteroatoms. The maximum atomic E-state index is 13.2. The van der Waals surface area contributed by atoms with Crippen LogP contribution in [0.4, 0.5) is 0 Å². The number of hydrogen-bond donors (Lipinski definition) is 1. The average Bonchev–Trinajstić information content (AvgIpc) is 3.11. The van der Waals surface area contributed by atoms with E-state index in [1.807, 2.05) is 10.7 Å². The quantitative estimate of drug-likeness (QED) is 0.875. The number of primary amides is 1. The topological polar surface area (TPSA) is 90.5 Å². The molecule has 1 aromatic rings. The third kappa shape index (κ3) is 3.05. The van der Waals surface area contributed by atoms with Crippen LogP contribution in [0.1, 0.15) is 68.6 Å². The van der Waals surface area contributed by atoms with Gasteiger partial charge in [0.2, 0.25) is 5.91 Å². The van der Waals surface area contributed by atoms with Crippen molar-refractivity contribution >= 4 is 11.8 Å². The molecule has 0 aromatic carbocycles. The van der Waals surface area contributed by atoms with E-state index in [1.165, 1.54) is 7.11 Å². The predicted octanol–water partition coefficient (Wildman–Crippen LogP) is 1.62. The van der Waals surface area contributed by atoms with Crippen LogP contribution in [-0.4, -0.2) is 52.3 Å². The fourth-order valence-corrected chi connectivity index (χ4v) is 3.74. The van der Waals surface area contributed by atoms with Gasteiger partial charge in [-0.3, -0.25) is 14.3 Å². The van der Waals surface area contributed by atoms with Crippen molar-refractivity contribution in [1.29, 1.82) is 0 Å². The lowest BCUT2D eigenvalue weighted by Crippen LogP contribution is -2.58. The lowest BCUT2D eigenvalue weighted by atomic mass is 9.96. The molecule has 1 saturated carbocycles. The normalized spacial score (nSPS) is 23.9. The Morgan fingerprint density at radius 2 is 2.08 bits per heavy atom. The number of rotatable bonds is 5. The van der Waals surface area contributed by atoms with Gasteiger partial charge in [0.05, 0.1) is 12.1 Å². The summed E-state index contributed by atoms with van der Waals surface area (Å²) in [4.78, 5) is 26.9. The summed E-state index contributed by atoms with van der Waals surface area (Å²) in [6, 6.07) is 1.89. The van der Waals surface area contributed by atoms with Crippen LogP contribution in [0.2, 0.25) is 0 Å². The zero-order valence-electron chi connectivity index (χ0n) is 15.5. The second kappa shape index (κ2) is 6.12. The summed E-state index contributed by atoms with van der Waals surface area (Å²) < 4.78 is 7.17. The number of ether oxygens (including phenoxy) is 1. The lowest BCUT2D eigenvalue weighted by molar-refractivity contribution is -0.130. The molecule has 2 aliphatic rings. The van der Waals surface area contributed by atoms with E-state index in [2.05, 4.69) is 25.9 Å². The molecule has 1 saturated heterocycles. The zero-order chi connectivity index (χ0) is 18.4. The first kappa shape index (κ1) is 17.9. The first-order chi connectivity index (χ1) is 11.7. The molecule has 3 rings (SSSR count). The highest BCUT2D eigenvalue weighted by molar-refractivity contribution is 5.98. The van der Waals surface area contributed by atoms with E-state index in [4.69, 9.17) is 10.5 Å². The van der Waals surface area contributed by atoms with Gasteiger partial charge in [-0.25, -0.2) is 0 Å². The second-order valence-corrected chi connectivity index (χ2v) is 8.20. The summed E-state index contributed by atoms with van der Waals surface area (Å²) in [7, 11) is 1.52. The van der Waals surface area contributed by atoms with Gasteiger partial charge in [0.1, 0.15) is 5.54 Å². The Bertz CT molecular complexity index is 687. The summed E-state index contributed by atoms with van der Waals surface area (Å²) in [5.41, 5.74) is 5.87. The van der Waals surface area contributed by atoms with Gasteiger partial charge in [0.15, 0.2) is 5.69 Å². The SMILES string of the molecule is COCC1(C(N)=O)CCCN1C(=O)c1cc(C2CC2)n(C(C)(C)C)n1. The molecule has 2 fully saturated rings. The predicted molar refractivity (Wildman–Crippen MR) is 93.3 cm³/mol. The van der Waals surface area contributed by atoms with Gasteiger partial charge in [0, 0.05) is 25.3 Å². The molecule has 7 nitrogen and oxygen atoms in total. The van der Waals surface area contributed by atoms with E-state index in [1.54, 1.807) is 4.90 Å². The molecule has 0 bridgehead atoms. The number of carbonyl (C=O) groups excluding carboxylic acids is 2. The molecular weight excluding hydrogens is 320 g/mol. The lowest BCUT2D eigenvalue weighted by Gasteiger charge is -2.34. The smallest absolute Gasteiger partial charge is 0.275 e. The highest BCUT2D eigenvalue weighted by atomic mass is 16.5. The number of amides is 2. The molecule has 138 valence electrons. The van der Waals surface area contributed by atoms with Gasteiger partial charge in [-0.2, -0.15) is 5.10 Å². The van der Waals surface area contributed by atoms with Crippen LogP contribution in [0, 0.1) is 0 Å². The van der Waals surface area contributed by atoms with E-state index in [-0.39, 0.29) is 18.1 Å². The van der Waals surface area contributed by atoms with Crippen LogP contribution < -0.4 is 5.73 Å². The van der Waals surface area contributed by atoms with Crippen LogP contribution in [-0.2, 0) is 15.1 Å². The molecule has 1 atom stereocenters. The van der Waals surface area contributed by atoms with Gasteiger partial charge >= 0.3 is 0 Å². The van der Waals surface area contributed by atoms with Gasteiger partial charge in [0.25, 0.3) is 5.91 Å². The number of hydrogen-bond acceptors (Lipinski definition) is 4. The molecule has 1 aromatic heterocycles. The molecule has 25 heavy (non-hydrogen) atoms. The minimum atomic E-state index is -1.07. The van der Waals surface area contributed by atoms with Crippen LogP contribution in [0.15, 0.2) is 6.07 Å². The summed E-state index contributed by atoms with van der Waals surface area (Å²) in [6.45, 7) is 6.84. The summed E-state index contributed by atoms with van der Waals surface area (Å²) >= 11 is 0. The van der Waals surface area contributed by atoms with Crippen LogP contribution in [0.5, 0.6) is 0 Å². The van der Waals surface area contributed by atoms with Crippen molar-refractivity contribution in [2.75, 3.05) is 20.3 Å². The molecule has 2 heterocycles. The Hall–Kier alpha value is -1.89. The van der Waals surface area contributed by atoms with Crippen molar-refractivity contribution < 1.29 is 14.3 Å². The Labute approximate surface area is 148 Å². The van der Waals surface area contributed by atoms with Crippen molar-refractivity contribution in [3.63, 3.8) is 0 Å². The molecule has 2 N–H and O–H groups in total. The highest BCUT2D eigenvalue weighted by Gasteiger charge is 2.49. The minimum Gasteiger partial charge on any atom is -0.382 e. The summed E-state index contributed by atoms with van der Waals surface area (Å²) in [5, 5.41) is 4.60. The molecule has 0 spiro atoms. The third-order valence-electron chi connectivity index (χ3n) is 5.16. The van der Waals surface area contributed by atoms with Gasteiger partial charge in [-0.15, -0.1) is 0 Å². The summed E-state index contributed by atoms with van der Waals surface area (Å²) in [5.74, 6) is -0.275. The van der Waals surface area contributed by atoms with Gasteiger partial charge in [-0.1, -0.05) is 0 Å². The third-order valence-corrected chi connectivity index (χ3v) is 5.16. The van der Waals surface area contributed by atoms with Crippen molar-refractivity contribution in [3.8, 4) is 0 Å². The largest absolute Gasteiger partial charge is 0.382 e. The van der Waals surface area contributed by atoms with Crippen LogP contribution in [0.3, 0.4) is 0 Å². The average molecular weight is 348 g/mol. The number of nitrogens with zero attached hydrogens (tertiary/aromatic N) is 3. The second-order valence-electron chi connectivity index (χ2n) is 8.20. The number of carbonyl (C=O) groups is 2. The Balaban J connectivity index is 1.96. The molecule has 2 amide bonds. The van der Waals surface area contributed by atoms with Crippen molar-refractivity contribution in [3.05, 3.63) is 17.5 Å². The van der Waals surface area contributed by atoms with Crippen molar-refractivity contribution in [2.45, 2.75) is 63.5 Å². The van der Waals surface area contributed by atoms with Crippen molar-refractivity contribution in [1.82, 2.24) is 14.7 Å². The van der Waals surface area contributed by atoms with Crippen LogP contribution in [0.25, 0.3) is 0 Å². The Morgan fingerprint density at radius 3 is 2.60 bits per heavy atom. The van der Waals surface area contributed by atoms with E-state index in [0.717, 1.165) is 25.0 Å². The number of aromatic nitrogens is 2. The standard InChI is InChI=1S/C18H28N4O3/c1-17(2,3)22-14(12-6-7-12)10-13(20-22)15(23)21-9-5-8-18(21,11-25-4)16(19)24/h10,12H,5-9,11H2,1-4H3,(H2,19,24). The molecule has 1 aliphatic heterocycles. The number of methoxy groups -OCH3 is 1. The van der Waals surface area contributed by atoms with E-state index >= 15 is 0 Å². The number of nitrogens with two attached hydrogens (primary N) is 1. The van der Waals surface area contributed by atoms with E-state index in [9.17, 15) is 9.59 Å². The molecule has 1 unspecified atom stereocenters. The fraction of sp³-hybridized carbons (Fsp3) is 0.722. The van der Waals surface area contributed by atoms with Gasteiger partial charge in [-0.05, 0) is 52.5 Å². The maximum Gasteiger partial charge on any atom is 0.275 e. The first-order valence-electron chi connectivity index (χ1n) is 8.92. The van der Waals surface area contributed by atoms with Crippen molar-refractivity contribution in [2.24, 2.45) is 5.73 Å². The monoisotopic (exact) mass is 348 g/mol. The minimum absolute atomic E-state index is 0.115. The highest BCUT2D eigenvalue weighted by Crippen LogP contribution is 2.42. The fourth-order valence-electron chi connectivity index (χ4n) is 3.74. The maximum absolute atomic E-state index is 13.2. The summed E-state index contributed by atoms with van der Waals surface area (Å²) in [6.07, 6.45) is 3.52. The Kier molecular flexibility index (Phi) is 4.39. The number of likely N-dealkylation sites (tertiary alicyclic amines) is 1. The Morgan fingerprint density at radius 1 is 1.40 bits per heavy atom. The molecule has 0 radical (unpaired) electrons. The molecular formula is C18H28N4O3. The van der Waals surface area contributed by atoms with E-state index < -0.39 is 11.4 Å². The van der Waals surface area contributed by atoms with Crippen LogP contribution >= 0.6 is 0 Å². The zero-order valence-corrected chi connectivity index (χ0v) is 15.5. The van der Waals surface area contributed by atoms with Gasteiger partial charge < -0.3 is 15.4 Å².